The third kappa shape index (κ3) is 1.53. The van der Waals surface area contributed by atoms with Gasteiger partial charge in [0, 0.05) is 10.4 Å². The average Bonchev–Trinajstić information content (AvgIpc) is 3.13. The maximum Gasteiger partial charge on any atom is 0.247 e. The minimum Gasteiger partial charge on any atom is -0.278 e. The lowest BCUT2D eigenvalue weighted by molar-refractivity contribution is 0.495. The first-order valence-electron chi connectivity index (χ1n) is 7.32. The van der Waals surface area contributed by atoms with Crippen LogP contribution in [0.5, 0.6) is 0 Å². The molecule has 3 N–H and O–H groups in total. The van der Waals surface area contributed by atoms with E-state index in [1.165, 1.54) is 40.3 Å². The molecule has 6 nitrogen and oxygen atoms in total. The number of rotatable bonds is 0. The molecule has 3 aliphatic rings. The first-order valence-corrected chi connectivity index (χ1v) is 8.55. The van der Waals surface area contributed by atoms with Crippen LogP contribution in [0.1, 0.15) is 35.5 Å². The minimum absolute atomic E-state index is 0.169. The molecule has 4 heterocycles. The molecular weight excluding hydrogens is 304 g/mol. The second-order valence-electron chi connectivity index (χ2n) is 6.05. The summed E-state index contributed by atoms with van der Waals surface area (Å²) in [5.41, 5.74) is 6.29. The Morgan fingerprint density at radius 3 is 3.24 bits per heavy atom. The number of aryl methyl sites for hydroxylation is 1. The highest BCUT2D eigenvalue weighted by atomic mass is 32.1. The number of aromatic nitrogens is 3. The molecule has 21 heavy (non-hydrogen) atoms. The maximum atomic E-state index is 5.45. The number of anilines is 1. The van der Waals surface area contributed by atoms with Gasteiger partial charge in [-0.2, -0.15) is 0 Å². The van der Waals surface area contributed by atoms with Gasteiger partial charge in [-0.3, -0.25) is 10.3 Å². The van der Waals surface area contributed by atoms with Gasteiger partial charge in [0.1, 0.15) is 11.2 Å². The van der Waals surface area contributed by atoms with E-state index in [1.54, 1.807) is 0 Å². The van der Waals surface area contributed by atoms with Crippen molar-refractivity contribution < 1.29 is 0 Å². The van der Waals surface area contributed by atoms with Crippen molar-refractivity contribution in [2.24, 2.45) is 5.92 Å². The van der Waals surface area contributed by atoms with Crippen LogP contribution < -0.4 is 15.8 Å². The third-order valence-electron chi connectivity index (χ3n) is 4.68. The van der Waals surface area contributed by atoms with Gasteiger partial charge in [-0.05, 0) is 43.0 Å². The predicted molar refractivity (Wildman–Crippen MR) is 84.2 cm³/mol. The third-order valence-corrected chi connectivity index (χ3v) is 6.25. The topological polar surface area (TPSA) is 60.9 Å². The molecule has 0 bridgehead atoms. The number of hydrazine groups is 1. The summed E-state index contributed by atoms with van der Waals surface area (Å²) in [7, 11) is 0. The van der Waals surface area contributed by atoms with Gasteiger partial charge in [-0.25, -0.2) is 15.1 Å². The van der Waals surface area contributed by atoms with Gasteiger partial charge in [-0.1, -0.05) is 6.92 Å². The van der Waals surface area contributed by atoms with Gasteiger partial charge in [0.2, 0.25) is 10.7 Å². The van der Waals surface area contributed by atoms with Crippen LogP contribution in [0.15, 0.2) is 0 Å². The molecule has 5 rings (SSSR count). The number of nitrogens with zero attached hydrogens (tertiary/aromatic N) is 3. The van der Waals surface area contributed by atoms with Crippen molar-refractivity contribution in [3.8, 4) is 5.00 Å². The van der Waals surface area contributed by atoms with Crippen LogP contribution in [0.4, 0.5) is 5.95 Å². The lowest BCUT2D eigenvalue weighted by Gasteiger charge is -2.31. The highest BCUT2D eigenvalue weighted by molar-refractivity contribution is 7.71. The molecule has 2 aliphatic heterocycles. The number of aromatic amines is 1. The number of fused-ring (bicyclic) bond motifs is 8. The van der Waals surface area contributed by atoms with E-state index in [2.05, 4.69) is 37.4 Å². The SMILES string of the molecule is CC1CCc2sc3c(c2C1)C1NCNN1c1n[nH]c(=S)n1-3. The molecule has 8 heteroatoms. The van der Waals surface area contributed by atoms with Crippen molar-refractivity contribution in [1.29, 1.82) is 0 Å². The quantitative estimate of drug-likeness (QED) is 0.648. The molecule has 110 valence electrons. The van der Waals surface area contributed by atoms with Crippen molar-refractivity contribution in [2.75, 3.05) is 11.7 Å². The molecule has 0 spiro atoms. The Morgan fingerprint density at radius 1 is 1.43 bits per heavy atom. The summed E-state index contributed by atoms with van der Waals surface area (Å²) in [5.74, 6) is 1.62. The zero-order valence-corrected chi connectivity index (χ0v) is 13.3. The van der Waals surface area contributed by atoms with Gasteiger partial charge in [0.15, 0.2) is 0 Å². The van der Waals surface area contributed by atoms with Crippen molar-refractivity contribution in [3.05, 3.63) is 20.8 Å². The number of thiophene rings is 1. The van der Waals surface area contributed by atoms with E-state index >= 15 is 0 Å². The highest BCUT2D eigenvalue weighted by Crippen LogP contribution is 2.46. The van der Waals surface area contributed by atoms with Crippen molar-refractivity contribution in [2.45, 2.75) is 32.4 Å². The van der Waals surface area contributed by atoms with Crippen molar-refractivity contribution >= 4 is 29.5 Å². The fraction of sp³-hybridized carbons (Fsp3) is 0.538. The van der Waals surface area contributed by atoms with E-state index in [0.717, 1.165) is 18.5 Å². The van der Waals surface area contributed by atoms with Gasteiger partial charge >= 0.3 is 0 Å². The monoisotopic (exact) mass is 320 g/mol. The van der Waals surface area contributed by atoms with E-state index in [-0.39, 0.29) is 6.17 Å². The Labute approximate surface area is 131 Å². The van der Waals surface area contributed by atoms with Gasteiger partial charge in [0.05, 0.1) is 6.67 Å². The van der Waals surface area contributed by atoms with E-state index in [0.29, 0.717) is 4.77 Å². The van der Waals surface area contributed by atoms with Crippen LogP contribution in [0, 0.1) is 10.7 Å². The second-order valence-corrected chi connectivity index (χ2v) is 7.52. The van der Waals surface area contributed by atoms with Crippen molar-refractivity contribution in [3.63, 3.8) is 0 Å². The fourth-order valence-electron chi connectivity index (χ4n) is 3.68. The van der Waals surface area contributed by atoms with Gasteiger partial charge in [0.25, 0.3) is 0 Å². The lowest BCUT2D eigenvalue weighted by atomic mass is 9.87. The van der Waals surface area contributed by atoms with Crippen LogP contribution in [0.2, 0.25) is 0 Å². The van der Waals surface area contributed by atoms with Crippen LogP contribution in [-0.2, 0) is 12.8 Å². The second kappa shape index (κ2) is 4.16. The minimum atomic E-state index is 0.169. The summed E-state index contributed by atoms with van der Waals surface area (Å²) in [4.78, 5) is 1.53. The first-order chi connectivity index (χ1) is 10.2. The van der Waals surface area contributed by atoms with Crippen molar-refractivity contribution in [1.82, 2.24) is 25.5 Å². The van der Waals surface area contributed by atoms with Gasteiger partial charge < -0.3 is 0 Å². The van der Waals surface area contributed by atoms with Crippen LogP contribution in [-0.4, -0.2) is 21.4 Å². The van der Waals surface area contributed by atoms with Gasteiger partial charge in [-0.15, -0.1) is 16.4 Å². The molecule has 1 aliphatic carbocycles. The van der Waals surface area contributed by atoms with Crippen LogP contribution in [0.25, 0.3) is 5.00 Å². The van der Waals surface area contributed by atoms with E-state index in [1.807, 2.05) is 11.3 Å². The molecule has 2 unspecified atom stereocenters. The Bertz CT molecular complexity index is 787. The van der Waals surface area contributed by atoms with E-state index < -0.39 is 0 Å². The average molecular weight is 320 g/mol. The normalized spacial score (nSPS) is 26.2. The maximum absolute atomic E-state index is 5.45. The zero-order chi connectivity index (χ0) is 14.1. The zero-order valence-electron chi connectivity index (χ0n) is 11.6. The summed E-state index contributed by atoms with van der Waals surface area (Å²) in [5, 5.41) is 14.2. The number of H-pyrrole nitrogens is 1. The number of nitrogens with one attached hydrogen (secondary N) is 3. The predicted octanol–water partition coefficient (Wildman–Crippen LogP) is 2.00. The molecule has 2 aromatic heterocycles. The lowest BCUT2D eigenvalue weighted by Crippen LogP contribution is -2.39. The Balaban J connectivity index is 1.82. The number of hydrogen-bond acceptors (Lipinski definition) is 6. The Kier molecular flexibility index (Phi) is 2.44. The summed E-state index contributed by atoms with van der Waals surface area (Å²) < 4.78 is 2.75. The molecule has 0 aromatic carbocycles. The molecule has 0 amide bonds. The molecule has 1 fully saturated rings. The summed E-state index contributed by atoms with van der Waals surface area (Å²) in [6.07, 6.45) is 3.82. The molecule has 0 saturated carbocycles. The van der Waals surface area contributed by atoms with E-state index in [4.69, 9.17) is 12.2 Å². The largest absolute Gasteiger partial charge is 0.278 e. The van der Waals surface area contributed by atoms with E-state index in [9.17, 15) is 0 Å². The Morgan fingerprint density at radius 2 is 2.33 bits per heavy atom. The Hall–Kier alpha value is -1.22. The van der Waals surface area contributed by atoms with Crippen LogP contribution >= 0.6 is 23.6 Å². The molecule has 1 saturated heterocycles. The molecule has 0 radical (unpaired) electrons. The first kappa shape index (κ1) is 12.3. The molecular formula is C13H16N6S2. The highest BCUT2D eigenvalue weighted by Gasteiger charge is 2.41. The molecule has 2 aromatic rings. The number of hydrogen-bond donors (Lipinski definition) is 3. The molecule has 2 atom stereocenters. The standard InChI is InChI=1S/C13H16N6S2/c1-6-2-3-8-7(4-6)9-10-14-5-15-19(10)12-16-17-13(20)18(12)11(9)21-8/h6,10,14-15H,2-5H2,1H3,(H,17,20). The fourth-order valence-corrected chi connectivity index (χ4v) is 5.33. The smallest absolute Gasteiger partial charge is 0.247 e. The summed E-state index contributed by atoms with van der Waals surface area (Å²) in [6.45, 7) is 3.10. The summed E-state index contributed by atoms with van der Waals surface area (Å²) >= 11 is 7.34. The van der Waals surface area contributed by atoms with Crippen LogP contribution in [0.3, 0.4) is 0 Å². The summed E-state index contributed by atoms with van der Waals surface area (Å²) in [6, 6.07) is 0.